The maximum atomic E-state index is 10.2. The van der Waals surface area contributed by atoms with E-state index < -0.39 is 0 Å². The molecule has 0 atom stereocenters. The van der Waals surface area contributed by atoms with Crippen molar-refractivity contribution < 1.29 is 4.79 Å². The lowest BCUT2D eigenvalue weighted by atomic mass is 10.3. The maximum Gasteiger partial charge on any atom is 0.213 e. The largest absolute Gasteiger partial charge is 0.305 e. The zero-order chi connectivity index (χ0) is 9.10. The number of hydrogen-bond acceptors (Lipinski definition) is 3. The minimum Gasteiger partial charge on any atom is -0.305 e. The third-order valence-corrected chi connectivity index (χ3v) is 2.58. The predicted molar refractivity (Wildman–Crippen MR) is 52.3 cm³/mol. The van der Waals surface area contributed by atoms with Crippen molar-refractivity contribution >= 4 is 29.0 Å². The van der Waals surface area contributed by atoms with Crippen molar-refractivity contribution in [3.63, 3.8) is 0 Å². The van der Waals surface area contributed by atoms with Crippen LogP contribution in [0, 0.1) is 11.8 Å². The Morgan fingerprint density at radius 3 is 3.46 bits per heavy atom. The summed E-state index contributed by atoms with van der Waals surface area (Å²) < 4.78 is 0. The summed E-state index contributed by atoms with van der Waals surface area (Å²) >= 11 is 1.45. The maximum absolute atomic E-state index is 10.2. The summed E-state index contributed by atoms with van der Waals surface area (Å²) in [5.41, 5.74) is 0.940. The van der Waals surface area contributed by atoms with E-state index in [0.29, 0.717) is 18.0 Å². The lowest BCUT2D eigenvalue weighted by molar-refractivity contribution is -0.105. The number of aromatic nitrogens is 1. The summed E-state index contributed by atoms with van der Waals surface area (Å²) in [5.74, 6) is 5.83. The molecule has 0 saturated heterocycles. The molecule has 1 aromatic heterocycles. The minimum atomic E-state index is 0.632. The fourth-order valence-corrected chi connectivity index (χ4v) is 1.89. The molecule has 0 spiro atoms. The van der Waals surface area contributed by atoms with E-state index in [1.54, 1.807) is 6.08 Å². The number of nitrogens with one attached hydrogen (secondary N) is 1. The Hall–Kier alpha value is -1.60. The van der Waals surface area contributed by atoms with Crippen LogP contribution in [0.4, 0.5) is 5.13 Å². The number of hydrogen-bond donors (Lipinski definition) is 1. The van der Waals surface area contributed by atoms with Gasteiger partial charge in [-0.05, 0) is 12.2 Å². The predicted octanol–water partition coefficient (Wildman–Crippen LogP) is 1.28. The molecule has 1 heterocycles. The first-order valence-corrected chi connectivity index (χ1v) is 4.56. The summed E-state index contributed by atoms with van der Waals surface area (Å²) in [6, 6.07) is 0. The van der Waals surface area contributed by atoms with Gasteiger partial charge in [-0.1, -0.05) is 23.2 Å². The van der Waals surface area contributed by atoms with E-state index in [1.807, 2.05) is 6.08 Å². The Morgan fingerprint density at radius 2 is 2.62 bits per heavy atom. The number of allylic oxidation sites excluding steroid dienone is 1. The van der Waals surface area contributed by atoms with Crippen LogP contribution in [0.3, 0.4) is 0 Å². The van der Waals surface area contributed by atoms with Crippen molar-refractivity contribution in [3.05, 3.63) is 16.6 Å². The fourth-order valence-electron chi connectivity index (χ4n) is 1.04. The van der Waals surface area contributed by atoms with Crippen molar-refractivity contribution in [1.82, 2.24) is 4.98 Å². The van der Waals surface area contributed by atoms with Gasteiger partial charge in [0, 0.05) is 0 Å². The van der Waals surface area contributed by atoms with Gasteiger partial charge < -0.3 is 5.32 Å². The molecule has 0 saturated carbocycles. The second kappa shape index (κ2) is 3.42. The smallest absolute Gasteiger partial charge is 0.213 e. The van der Waals surface area contributed by atoms with Crippen LogP contribution in [0.2, 0.25) is 0 Å². The van der Waals surface area contributed by atoms with Crippen molar-refractivity contribution in [2.75, 3.05) is 5.32 Å². The number of nitrogens with zero attached hydrogens (tertiary/aromatic N) is 1. The molecule has 0 bridgehead atoms. The summed E-state index contributed by atoms with van der Waals surface area (Å²) in [7, 11) is 0. The van der Waals surface area contributed by atoms with Crippen LogP contribution in [0.1, 0.15) is 10.6 Å². The number of rotatable bonds is 2. The molecular weight excluding hydrogens is 184 g/mol. The number of fused-ring (bicyclic) bond motifs is 1. The first-order chi connectivity index (χ1) is 6.40. The van der Waals surface area contributed by atoms with Gasteiger partial charge in [0.2, 0.25) is 6.41 Å². The van der Waals surface area contributed by atoms with Crippen LogP contribution >= 0.6 is 11.3 Å². The fraction of sp³-hybridized carbons (Fsp3) is 0.111. The summed E-state index contributed by atoms with van der Waals surface area (Å²) in [5, 5.41) is 3.16. The Kier molecular flexibility index (Phi) is 2.11. The van der Waals surface area contributed by atoms with Crippen molar-refractivity contribution in [1.29, 1.82) is 0 Å². The van der Waals surface area contributed by atoms with E-state index in [9.17, 15) is 4.79 Å². The molecule has 1 aromatic rings. The molecule has 0 aliphatic heterocycles. The number of thiazole rings is 1. The quantitative estimate of drug-likeness (QED) is 0.564. The van der Waals surface area contributed by atoms with Gasteiger partial charge in [0.15, 0.2) is 5.13 Å². The van der Waals surface area contributed by atoms with Gasteiger partial charge in [0.05, 0.1) is 17.0 Å². The van der Waals surface area contributed by atoms with Crippen LogP contribution in [-0.4, -0.2) is 11.4 Å². The molecule has 4 heteroatoms. The van der Waals surface area contributed by atoms with Gasteiger partial charge >= 0.3 is 0 Å². The Bertz CT molecular complexity index is 423. The summed E-state index contributed by atoms with van der Waals surface area (Å²) in [6.45, 7) is 0. The molecule has 0 aromatic carbocycles. The number of amides is 1. The van der Waals surface area contributed by atoms with Gasteiger partial charge in [-0.3, -0.25) is 4.79 Å². The standard InChI is InChI=1S/C9H6N2OS/c12-6-10-9-11-7-4-2-1-3-5-8(7)13-9/h3,5-6H,4H2,(H,10,11,12). The molecule has 0 unspecified atom stereocenters. The normalized spacial score (nSPS) is 12.3. The Balaban J connectivity index is 2.36. The SMILES string of the molecule is O=CNc1nc2c(s1)C=CC#CC2. The molecule has 13 heavy (non-hydrogen) atoms. The third kappa shape index (κ3) is 1.60. The lowest BCUT2D eigenvalue weighted by Crippen LogP contribution is -1.92. The molecule has 3 nitrogen and oxygen atoms in total. The van der Waals surface area contributed by atoms with Gasteiger partial charge in [0.1, 0.15) is 0 Å². The second-order valence-corrected chi connectivity index (χ2v) is 3.45. The molecule has 1 aliphatic carbocycles. The molecule has 1 aliphatic rings. The number of carbonyl (C=O) groups excluding carboxylic acids is 1. The zero-order valence-electron chi connectivity index (χ0n) is 6.70. The summed E-state index contributed by atoms with van der Waals surface area (Å²) in [4.78, 5) is 15.4. The Morgan fingerprint density at radius 1 is 1.69 bits per heavy atom. The molecule has 0 radical (unpaired) electrons. The molecule has 1 N–H and O–H groups in total. The van der Waals surface area contributed by atoms with E-state index >= 15 is 0 Å². The van der Waals surface area contributed by atoms with Crippen LogP contribution < -0.4 is 5.32 Å². The highest BCUT2D eigenvalue weighted by Gasteiger charge is 2.08. The van der Waals surface area contributed by atoms with E-state index in [0.717, 1.165) is 10.6 Å². The van der Waals surface area contributed by atoms with Crippen molar-refractivity contribution in [3.8, 4) is 11.8 Å². The average molecular weight is 190 g/mol. The Labute approximate surface area is 79.5 Å². The van der Waals surface area contributed by atoms with Gasteiger partial charge in [0.25, 0.3) is 0 Å². The second-order valence-electron chi connectivity index (χ2n) is 2.42. The van der Waals surface area contributed by atoms with Crippen LogP contribution in [0.5, 0.6) is 0 Å². The summed E-state index contributed by atoms with van der Waals surface area (Å²) in [6.07, 6.45) is 5.00. The van der Waals surface area contributed by atoms with E-state index in [-0.39, 0.29) is 0 Å². The highest BCUT2D eigenvalue weighted by Crippen LogP contribution is 2.24. The van der Waals surface area contributed by atoms with E-state index in [1.165, 1.54) is 11.3 Å². The van der Waals surface area contributed by atoms with Gasteiger partial charge in [-0.15, -0.1) is 0 Å². The third-order valence-electron chi connectivity index (χ3n) is 1.59. The van der Waals surface area contributed by atoms with Gasteiger partial charge in [-0.2, -0.15) is 0 Å². The first-order valence-electron chi connectivity index (χ1n) is 3.75. The topological polar surface area (TPSA) is 42.0 Å². The first kappa shape index (κ1) is 8.02. The zero-order valence-corrected chi connectivity index (χ0v) is 7.52. The lowest BCUT2D eigenvalue weighted by Gasteiger charge is -1.86. The highest BCUT2D eigenvalue weighted by molar-refractivity contribution is 7.16. The van der Waals surface area contributed by atoms with Crippen molar-refractivity contribution in [2.24, 2.45) is 0 Å². The minimum absolute atomic E-state index is 0.632. The number of carbonyl (C=O) groups is 1. The van der Waals surface area contributed by atoms with E-state index in [2.05, 4.69) is 22.1 Å². The monoisotopic (exact) mass is 190 g/mol. The number of anilines is 1. The van der Waals surface area contributed by atoms with Crippen LogP contribution in [0.15, 0.2) is 6.08 Å². The average Bonchev–Trinajstić information content (AvgIpc) is 2.37. The van der Waals surface area contributed by atoms with Crippen molar-refractivity contribution in [2.45, 2.75) is 6.42 Å². The van der Waals surface area contributed by atoms with Gasteiger partial charge in [-0.25, -0.2) is 4.98 Å². The highest BCUT2D eigenvalue weighted by atomic mass is 32.1. The molecule has 0 fully saturated rings. The molecule has 1 amide bonds. The van der Waals surface area contributed by atoms with Crippen LogP contribution in [-0.2, 0) is 11.2 Å². The van der Waals surface area contributed by atoms with Crippen LogP contribution in [0.25, 0.3) is 6.08 Å². The molecule has 64 valence electrons. The molecule has 2 rings (SSSR count). The molecular formula is C9H6N2OS. The van der Waals surface area contributed by atoms with E-state index in [4.69, 9.17) is 0 Å².